The third-order valence-corrected chi connectivity index (χ3v) is 3.29. The number of ether oxygens (including phenoxy) is 1. The highest BCUT2D eigenvalue weighted by Crippen LogP contribution is 2.35. The van der Waals surface area contributed by atoms with E-state index >= 15 is 0 Å². The number of hydrogen-bond donors (Lipinski definition) is 2. The van der Waals surface area contributed by atoms with Crippen molar-refractivity contribution in [1.29, 1.82) is 0 Å². The number of aliphatic hydroxyl groups is 1. The summed E-state index contributed by atoms with van der Waals surface area (Å²) in [5.41, 5.74) is 4.42. The van der Waals surface area contributed by atoms with Gasteiger partial charge in [0.1, 0.15) is 5.75 Å². The molecule has 1 aromatic rings. The average Bonchev–Trinajstić information content (AvgIpc) is 2.43. The minimum atomic E-state index is -4.43. The van der Waals surface area contributed by atoms with Gasteiger partial charge in [0.2, 0.25) is 0 Å². The van der Waals surface area contributed by atoms with Gasteiger partial charge >= 0.3 is 6.18 Å². The molecule has 0 aliphatic heterocycles. The maximum atomic E-state index is 12.7. The van der Waals surface area contributed by atoms with Crippen molar-refractivity contribution in [3.05, 3.63) is 29.8 Å². The summed E-state index contributed by atoms with van der Waals surface area (Å²) in [5, 5.41) is 9.14. The lowest BCUT2D eigenvalue weighted by Crippen LogP contribution is -2.43. The molecular weight excluding hydrogens is 271 g/mol. The Morgan fingerprint density at radius 2 is 1.90 bits per heavy atom. The van der Waals surface area contributed by atoms with Crippen LogP contribution in [0.1, 0.15) is 31.7 Å². The minimum absolute atomic E-state index is 0.131. The molecule has 0 aromatic heterocycles. The average molecular weight is 291 g/mol. The number of aliphatic hydroxyl groups excluding tert-OH is 1. The Labute approximate surface area is 116 Å². The van der Waals surface area contributed by atoms with Crippen LogP contribution in [0.15, 0.2) is 24.3 Å². The highest BCUT2D eigenvalue weighted by molar-refractivity contribution is 5.35. The number of para-hydroxylation sites is 1. The number of alkyl halides is 3. The normalized spacial score (nSPS) is 14.9. The summed E-state index contributed by atoms with van der Waals surface area (Å²) in [6, 6.07) is 5.10. The number of rotatable bonds is 7. The summed E-state index contributed by atoms with van der Waals surface area (Å²) < 4.78 is 43.4. The lowest BCUT2D eigenvalue weighted by molar-refractivity contribution is -0.139. The molecule has 1 rings (SSSR count). The molecule has 0 fully saturated rings. The van der Waals surface area contributed by atoms with Crippen molar-refractivity contribution < 1.29 is 23.0 Å². The van der Waals surface area contributed by atoms with Gasteiger partial charge in [-0.15, -0.1) is 0 Å². The second-order valence-electron chi connectivity index (χ2n) is 4.82. The van der Waals surface area contributed by atoms with Gasteiger partial charge in [0.05, 0.1) is 18.8 Å². The van der Waals surface area contributed by atoms with Gasteiger partial charge in [-0.2, -0.15) is 13.2 Å². The van der Waals surface area contributed by atoms with Gasteiger partial charge in [-0.3, -0.25) is 0 Å². The molecular formula is C14H20F3NO2. The van der Waals surface area contributed by atoms with Crippen LogP contribution in [0, 0.1) is 0 Å². The monoisotopic (exact) mass is 291 g/mol. The van der Waals surface area contributed by atoms with Crippen molar-refractivity contribution in [1.82, 2.24) is 0 Å². The summed E-state index contributed by atoms with van der Waals surface area (Å²) in [4.78, 5) is 0. The van der Waals surface area contributed by atoms with Crippen LogP contribution in [-0.4, -0.2) is 23.9 Å². The van der Waals surface area contributed by atoms with E-state index in [2.05, 4.69) is 0 Å². The number of halogens is 3. The highest BCUT2D eigenvalue weighted by atomic mass is 19.4. The first kappa shape index (κ1) is 16.8. The van der Waals surface area contributed by atoms with E-state index in [1.165, 1.54) is 18.2 Å². The number of nitrogens with two attached hydrogens (primary N) is 1. The molecule has 0 bridgehead atoms. The zero-order chi connectivity index (χ0) is 15.2. The zero-order valence-electron chi connectivity index (χ0n) is 11.4. The van der Waals surface area contributed by atoms with Crippen molar-refractivity contribution >= 4 is 0 Å². The summed E-state index contributed by atoms with van der Waals surface area (Å²) in [6.07, 6.45) is -2.85. The highest BCUT2D eigenvalue weighted by Gasteiger charge is 2.34. The Hall–Kier alpha value is -1.27. The molecule has 1 atom stereocenters. The summed E-state index contributed by atoms with van der Waals surface area (Å²) in [5.74, 6) is -0.178. The van der Waals surface area contributed by atoms with Crippen molar-refractivity contribution in [2.75, 3.05) is 13.2 Å². The van der Waals surface area contributed by atoms with E-state index in [-0.39, 0.29) is 19.0 Å². The molecule has 0 aliphatic carbocycles. The predicted octanol–water partition coefficient (Wildman–Crippen LogP) is 2.96. The quantitative estimate of drug-likeness (QED) is 0.759. The molecule has 114 valence electrons. The van der Waals surface area contributed by atoms with E-state index in [0.29, 0.717) is 19.3 Å². The van der Waals surface area contributed by atoms with Crippen LogP contribution in [0.2, 0.25) is 0 Å². The number of hydrogen-bond acceptors (Lipinski definition) is 3. The smallest absolute Gasteiger partial charge is 0.419 e. The molecule has 0 radical (unpaired) electrons. The van der Waals surface area contributed by atoms with Gasteiger partial charge < -0.3 is 15.6 Å². The lowest BCUT2D eigenvalue weighted by Gasteiger charge is -2.25. The summed E-state index contributed by atoms with van der Waals surface area (Å²) in [6.45, 7) is 1.84. The van der Waals surface area contributed by atoms with Crippen LogP contribution in [0.5, 0.6) is 5.75 Å². The van der Waals surface area contributed by atoms with Crippen molar-refractivity contribution in [3.8, 4) is 5.75 Å². The Morgan fingerprint density at radius 3 is 2.45 bits per heavy atom. The Morgan fingerprint density at radius 1 is 1.25 bits per heavy atom. The molecule has 1 aromatic carbocycles. The molecule has 3 N–H and O–H groups in total. The summed E-state index contributed by atoms with van der Waals surface area (Å²) in [7, 11) is 0. The van der Waals surface area contributed by atoms with Crippen LogP contribution >= 0.6 is 0 Å². The maximum absolute atomic E-state index is 12.7. The first-order chi connectivity index (χ1) is 9.32. The van der Waals surface area contributed by atoms with Crippen LogP contribution < -0.4 is 10.5 Å². The Balaban J connectivity index is 2.55. The summed E-state index contributed by atoms with van der Waals surface area (Å²) >= 11 is 0. The standard InChI is InChI=1S/C14H20F3NO2/c1-2-13(18,10-19)8-5-9-20-12-7-4-3-6-11(12)14(15,16)17/h3-4,6-7,19H,2,5,8-10,18H2,1H3. The van der Waals surface area contributed by atoms with Crippen molar-refractivity contribution in [2.24, 2.45) is 5.73 Å². The minimum Gasteiger partial charge on any atom is -0.493 e. The first-order valence-electron chi connectivity index (χ1n) is 6.51. The second-order valence-corrected chi connectivity index (χ2v) is 4.82. The van der Waals surface area contributed by atoms with Gasteiger partial charge in [0.25, 0.3) is 0 Å². The van der Waals surface area contributed by atoms with E-state index in [9.17, 15) is 13.2 Å². The molecule has 20 heavy (non-hydrogen) atoms. The molecule has 6 heteroatoms. The topological polar surface area (TPSA) is 55.5 Å². The predicted molar refractivity (Wildman–Crippen MR) is 70.5 cm³/mol. The van der Waals surface area contributed by atoms with Gasteiger partial charge in [0, 0.05) is 5.54 Å². The Bertz CT molecular complexity index is 417. The van der Waals surface area contributed by atoms with E-state index in [4.69, 9.17) is 15.6 Å². The maximum Gasteiger partial charge on any atom is 0.419 e. The van der Waals surface area contributed by atoms with Gasteiger partial charge in [-0.05, 0) is 31.4 Å². The molecule has 0 aliphatic rings. The molecule has 0 amide bonds. The third kappa shape index (κ3) is 4.68. The fourth-order valence-electron chi connectivity index (χ4n) is 1.80. The van der Waals surface area contributed by atoms with Gasteiger partial charge in [-0.25, -0.2) is 0 Å². The molecule has 0 spiro atoms. The van der Waals surface area contributed by atoms with Crippen LogP contribution in [0.4, 0.5) is 13.2 Å². The molecule has 1 unspecified atom stereocenters. The van der Waals surface area contributed by atoms with Crippen molar-refractivity contribution in [3.63, 3.8) is 0 Å². The van der Waals surface area contributed by atoms with Crippen LogP contribution in [-0.2, 0) is 6.18 Å². The SMILES string of the molecule is CCC(N)(CO)CCCOc1ccccc1C(F)(F)F. The van der Waals surface area contributed by atoms with Gasteiger partial charge in [0.15, 0.2) is 0 Å². The van der Waals surface area contributed by atoms with E-state index in [1.807, 2.05) is 6.92 Å². The van der Waals surface area contributed by atoms with Crippen LogP contribution in [0.3, 0.4) is 0 Å². The molecule has 3 nitrogen and oxygen atoms in total. The van der Waals surface area contributed by atoms with Crippen molar-refractivity contribution in [2.45, 2.75) is 37.9 Å². The lowest BCUT2D eigenvalue weighted by atomic mass is 9.93. The van der Waals surface area contributed by atoms with Gasteiger partial charge in [-0.1, -0.05) is 19.1 Å². The van der Waals surface area contributed by atoms with E-state index in [1.54, 1.807) is 0 Å². The fourth-order valence-corrected chi connectivity index (χ4v) is 1.80. The van der Waals surface area contributed by atoms with Crippen LogP contribution in [0.25, 0.3) is 0 Å². The van der Waals surface area contributed by atoms with E-state index < -0.39 is 17.3 Å². The van der Waals surface area contributed by atoms with E-state index in [0.717, 1.165) is 6.07 Å². The largest absolute Gasteiger partial charge is 0.493 e. The third-order valence-electron chi connectivity index (χ3n) is 3.29. The fraction of sp³-hybridized carbons (Fsp3) is 0.571. The zero-order valence-corrected chi connectivity index (χ0v) is 11.4. The second kappa shape index (κ2) is 6.95. The molecule has 0 saturated heterocycles. The number of benzene rings is 1. The molecule has 0 heterocycles. The first-order valence-corrected chi connectivity index (χ1v) is 6.51. The Kier molecular flexibility index (Phi) is 5.83. The molecule has 0 saturated carbocycles.